The third-order valence-corrected chi connectivity index (χ3v) is 5.35. The highest BCUT2D eigenvalue weighted by Crippen LogP contribution is 2.36. The van der Waals surface area contributed by atoms with E-state index in [0.29, 0.717) is 5.92 Å². The zero-order chi connectivity index (χ0) is 16.6. The molecule has 23 heavy (non-hydrogen) atoms. The molecule has 124 valence electrons. The number of aryl methyl sites for hydroxylation is 1. The zero-order valence-electron chi connectivity index (χ0n) is 13.6. The molecule has 2 heterocycles. The van der Waals surface area contributed by atoms with Crippen molar-refractivity contribution in [2.45, 2.75) is 44.6 Å². The van der Waals surface area contributed by atoms with Crippen LogP contribution < -0.4 is 0 Å². The van der Waals surface area contributed by atoms with E-state index in [-0.39, 0.29) is 12.1 Å². The second-order valence-corrected chi connectivity index (χ2v) is 6.83. The number of amides is 1. The molecule has 6 nitrogen and oxygen atoms in total. The van der Waals surface area contributed by atoms with E-state index in [1.807, 2.05) is 26.4 Å². The smallest absolute Gasteiger partial charge is 0.409 e. The Hall–Kier alpha value is -1.63. The second kappa shape index (κ2) is 6.47. The van der Waals surface area contributed by atoms with Gasteiger partial charge in [0.15, 0.2) is 0 Å². The number of carbonyl (C=O) groups excluding carboxylic acids is 1. The summed E-state index contributed by atoms with van der Waals surface area (Å²) < 4.78 is 7.80. The summed E-state index contributed by atoms with van der Waals surface area (Å²) in [6.45, 7) is 1.99. The number of rotatable bonds is 2. The highest BCUT2D eigenvalue weighted by atomic mass is 79.9. The molecule has 0 spiro atoms. The van der Waals surface area contributed by atoms with E-state index in [1.54, 1.807) is 4.90 Å². The number of methoxy groups -OCH3 is 1. The first kappa shape index (κ1) is 16.2. The molecule has 2 aromatic heterocycles. The Bertz CT molecular complexity index is 722. The van der Waals surface area contributed by atoms with Crippen LogP contribution in [0.4, 0.5) is 4.79 Å². The van der Waals surface area contributed by atoms with Crippen molar-refractivity contribution in [3.05, 3.63) is 28.5 Å². The first-order valence-corrected chi connectivity index (χ1v) is 8.62. The Labute approximate surface area is 144 Å². The normalized spacial score (nSPS) is 21.4. The number of imidazole rings is 1. The van der Waals surface area contributed by atoms with Crippen LogP contribution in [0.25, 0.3) is 5.52 Å². The molecule has 1 aliphatic carbocycles. The monoisotopic (exact) mass is 380 g/mol. The van der Waals surface area contributed by atoms with E-state index < -0.39 is 0 Å². The summed E-state index contributed by atoms with van der Waals surface area (Å²) in [7, 11) is 3.24. The van der Waals surface area contributed by atoms with Crippen molar-refractivity contribution in [3.8, 4) is 0 Å². The van der Waals surface area contributed by atoms with Gasteiger partial charge in [0.1, 0.15) is 15.9 Å². The van der Waals surface area contributed by atoms with Crippen molar-refractivity contribution in [1.29, 1.82) is 0 Å². The quantitative estimate of drug-likeness (QED) is 0.799. The first-order valence-electron chi connectivity index (χ1n) is 7.82. The Morgan fingerprint density at radius 2 is 2.09 bits per heavy atom. The number of halogens is 1. The van der Waals surface area contributed by atoms with Gasteiger partial charge in [0.2, 0.25) is 0 Å². The maximum atomic E-state index is 11.7. The SMILES string of the molecule is COC(=O)N(C)C1CCC(c2nc(Br)c3c(C)nccn23)CC1. The van der Waals surface area contributed by atoms with Crippen molar-refractivity contribution in [1.82, 2.24) is 19.3 Å². The third kappa shape index (κ3) is 2.94. The van der Waals surface area contributed by atoms with E-state index in [9.17, 15) is 4.79 Å². The predicted octanol–water partition coefficient (Wildman–Crippen LogP) is 3.52. The highest BCUT2D eigenvalue weighted by molar-refractivity contribution is 9.10. The average Bonchev–Trinajstić information content (AvgIpc) is 2.92. The molecular formula is C16H21BrN4O2. The van der Waals surface area contributed by atoms with Gasteiger partial charge in [-0.05, 0) is 48.5 Å². The molecule has 0 radical (unpaired) electrons. The number of carbonyl (C=O) groups is 1. The molecule has 0 atom stereocenters. The lowest BCUT2D eigenvalue weighted by Crippen LogP contribution is -2.39. The molecule has 2 aromatic rings. The maximum Gasteiger partial charge on any atom is 0.409 e. The summed E-state index contributed by atoms with van der Waals surface area (Å²) >= 11 is 3.56. The van der Waals surface area contributed by atoms with Crippen LogP contribution in [0.1, 0.15) is 43.1 Å². The van der Waals surface area contributed by atoms with Crippen LogP contribution >= 0.6 is 15.9 Å². The van der Waals surface area contributed by atoms with E-state index in [4.69, 9.17) is 9.72 Å². The van der Waals surface area contributed by atoms with Crippen LogP contribution in [0.5, 0.6) is 0 Å². The molecule has 0 saturated heterocycles. The summed E-state index contributed by atoms with van der Waals surface area (Å²) in [6.07, 6.45) is 7.49. The Morgan fingerprint density at radius 1 is 1.39 bits per heavy atom. The fourth-order valence-corrected chi connectivity index (χ4v) is 4.13. The molecule has 3 rings (SSSR count). The molecule has 0 aromatic carbocycles. The number of hydrogen-bond donors (Lipinski definition) is 0. The molecule has 0 N–H and O–H groups in total. The van der Waals surface area contributed by atoms with Gasteiger partial charge in [-0.25, -0.2) is 9.78 Å². The molecular weight excluding hydrogens is 360 g/mol. The van der Waals surface area contributed by atoms with Crippen LogP contribution in [0.3, 0.4) is 0 Å². The number of hydrogen-bond acceptors (Lipinski definition) is 4. The zero-order valence-corrected chi connectivity index (χ0v) is 15.2. The number of aromatic nitrogens is 3. The van der Waals surface area contributed by atoms with Gasteiger partial charge >= 0.3 is 6.09 Å². The van der Waals surface area contributed by atoms with Gasteiger partial charge in [-0.1, -0.05) is 0 Å². The topological polar surface area (TPSA) is 59.7 Å². The largest absolute Gasteiger partial charge is 0.453 e. The van der Waals surface area contributed by atoms with Gasteiger partial charge in [0.25, 0.3) is 0 Å². The van der Waals surface area contributed by atoms with Crippen LogP contribution in [0, 0.1) is 6.92 Å². The lowest BCUT2D eigenvalue weighted by molar-refractivity contribution is 0.105. The lowest BCUT2D eigenvalue weighted by atomic mass is 9.85. The molecule has 7 heteroatoms. The summed E-state index contributed by atoms with van der Waals surface area (Å²) in [4.78, 5) is 22.4. The molecule has 0 aliphatic heterocycles. The Morgan fingerprint density at radius 3 is 2.74 bits per heavy atom. The minimum atomic E-state index is -0.260. The minimum Gasteiger partial charge on any atom is -0.453 e. The standard InChI is InChI=1S/C16H21BrN4O2/c1-10-13-14(17)19-15(21(13)9-8-18-10)11-4-6-12(7-5-11)20(2)16(22)23-3/h8-9,11-12H,4-7H2,1-3H3. The van der Waals surface area contributed by atoms with Crippen molar-refractivity contribution in [2.24, 2.45) is 0 Å². The maximum absolute atomic E-state index is 11.7. The van der Waals surface area contributed by atoms with Gasteiger partial charge in [0, 0.05) is 31.4 Å². The van der Waals surface area contributed by atoms with Crippen LogP contribution in [-0.2, 0) is 4.74 Å². The lowest BCUT2D eigenvalue weighted by Gasteiger charge is -2.33. The third-order valence-electron chi connectivity index (χ3n) is 4.79. The van der Waals surface area contributed by atoms with E-state index in [0.717, 1.165) is 47.3 Å². The summed E-state index contributed by atoms with van der Waals surface area (Å²) in [5.41, 5.74) is 2.01. The summed E-state index contributed by atoms with van der Waals surface area (Å²) in [5.74, 6) is 1.48. The van der Waals surface area contributed by atoms with Gasteiger partial charge < -0.3 is 9.64 Å². The fraction of sp³-hybridized carbons (Fsp3) is 0.562. The highest BCUT2D eigenvalue weighted by Gasteiger charge is 2.30. The molecule has 0 bridgehead atoms. The second-order valence-electron chi connectivity index (χ2n) is 6.08. The number of nitrogens with zero attached hydrogens (tertiary/aromatic N) is 4. The van der Waals surface area contributed by atoms with Crippen LogP contribution in [0.2, 0.25) is 0 Å². The van der Waals surface area contributed by atoms with E-state index >= 15 is 0 Å². The number of fused-ring (bicyclic) bond motifs is 1. The van der Waals surface area contributed by atoms with Crippen molar-refractivity contribution >= 4 is 27.5 Å². The van der Waals surface area contributed by atoms with Crippen LogP contribution in [-0.4, -0.2) is 45.6 Å². The van der Waals surface area contributed by atoms with Gasteiger partial charge in [-0.15, -0.1) is 0 Å². The van der Waals surface area contributed by atoms with Gasteiger partial charge in [-0.2, -0.15) is 0 Å². The van der Waals surface area contributed by atoms with E-state index in [1.165, 1.54) is 7.11 Å². The molecule has 1 amide bonds. The first-order chi connectivity index (χ1) is 11.0. The summed E-state index contributed by atoms with van der Waals surface area (Å²) in [6, 6.07) is 0.247. The minimum absolute atomic E-state index is 0.247. The fourth-order valence-electron chi connectivity index (χ4n) is 3.47. The summed E-state index contributed by atoms with van der Waals surface area (Å²) in [5, 5.41) is 0. The molecule has 1 aliphatic rings. The number of ether oxygens (including phenoxy) is 1. The molecule has 1 saturated carbocycles. The van der Waals surface area contributed by atoms with Crippen LogP contribution in [0.15, 0.2) is 17.0 Å². The van der Waals surface area contributed by atoms with Gasteiger partial charge in [0.05, 0.1) is 12.8 Å². The van der Waals surface area contributed by atoms with Crippen molar-refractivity contribution < 1.29 is 9.53 Å². The Balaban J connectivity index is 1.78. The Kier molecular flexibility index (Phi) is 4.57. The predicted molar refractivity (Wildman–Crippen MR) is 90.6 cm³/mol. The average molecular weight is 381 g/mol. The van der Waals surface area contributed by atoms with Crippen molar-refractivity contribution in [2.75, 3.05) is 14.2 Å². The molecule has 0 unspecified atom stereocenters. The van der Waals surface area contributed by atoms with Crippen molar-refractivity contribution in [3.63, 3.8) is 0 Å². The molecule has 1 fully saturated rings. The van der Waals surface area contributed by atoms with E-state index in [2.05, 4.69) is 25.3 Å². The van der Waals surface area contributed by atoms with Gasteiger partial charge in [-0.3, -0.25) is 9.38 Å².